The number of anilines is 1. The lowest BCUT2D eigenvalue weighted by Gasteiger charge is -2.15. The number of aliphatic hydroxyl groups excluding tert-OH is 1. The molecule has 0 aliphatic carbocycles. The second kappa shape index (κ2) is 6.04. The first-order valence-electron chi connectivity index (χ1n) is 6.01. The number of hydrogen-bond acceptors (Lipinski definition) is 2. The van der Waals surface area contributed by atoms with E-state index in [1.54, 1.807) is 24.3 Å². The van der Waals surface area contributed by atoms with Crippen LogP contribution in [-0.4, -0.2) is 11.7 Å². The summed E-state index contributed by atoms with van der Waals surface area (Å²) in [5.74, 6) is -0.403. The van der Waals surface area contributed by atoms with Gasteiger partial charge >= 0.3 is 0 Å². The summed E-state index contributed by atoms with van der Waals surface area (Å²) in [4.78, 5) is 0. The highest BCUT2D eigenvalue weighted by molar-refractivity contribution is 6.31. The monoisotopic (exact) mass is 279 g/mol. The molecule has 2 N–H and O–H groups in total. The van der Waals surface area contributed by atoms with Gasteiger partial charge in [0.25, 0.3) is 0 Å². The lowest BCUT2D eigenvalue weighted by Crippen LogP contribution is -2.14. The summed E-state index contributed by atoms with van der Waals surface area (Å²) < 4.78 is 13.5. The zero-order valence-electron chi connectivity index (χ0n) is 10.5. The van der Waals surface area contributed by atoms with Gasteiger partial charge in [0.15, 0.2) is 0 Å². The Kier molecular flexibility index (Phi) is 4.40. The van der Waals surface area contributed by atoms with E-state index in [2.05, 4.69) is 5.32 Å². The topological polar surface area (TPSA) is 32.3 Å². The minimum atomic E-state index is -0.903. The highest BCUT2D eigenvalue weighted by Gasteiger charge is 2.12. The first-order valence-corrected chi connectivity index (χ1v) is 6.39. The van der Waals surface area contributed by atoms with Crippen molar-refractivity contribution in [3.8, 4) is 0 Å². The molecule has 1 unspecified atom stereocenters. The third kappa shape index (κ3) is 3.25. The Morgan fingerprint density at radius 1 is 1.21 bits per heavy atom. The van der Waals surface area contributed by atoms with Gasteiger partial charge in [0.1, 0.15) is 5.82 Å². The third-order valence-electron chi connectivity index (χ3n) is 3.02. The van der Waals surface area contributed by atoms with Crippen molar-refractivity contribution in [1.82, 2.24) is 0 Å². The maximum atomic E-state index is 13.5. The van der Waals surface area contributed by atoms with E-state index in [9.17, 15) is 9.50 Å². The van der Waals surface area contributed by atoms with E-state index in [1.165, 1.54) is 6.07 Å². The van der Waals surface area contributed by atoms with Gasteiger partial charge in [-0.15, -0.1) is 0 Å². The maximum Gasteiger partial charge on any atom is 0.129 e. The zero-order chi connectivity index (χ0) is 13.8. The number of aliphatic hydroxyl groups is 1. The van der Waals surface area contributed by atoms with E-state index in [4.69, 9.17) is 11.6 Å². The number of hydrogen-bond donors (Lipinski definition) is 2. The summed E-state index contributed by atoms with van der Waals surface area (Å²) in [6.45, 7) is 2.11. The third-order valence-corrected chi connectivity index (χ3v) is 3.43. The second-order valence-corrected chi connectivity index (χ2v) is 4.74. The van der Waals surface area contributed by atoms with E-state index < -0.39 is 11.9 Å². The fourth-order valence-electron chi connectivity index (χ4n) is 1.86. The molecule has 0 radical (unpaired) electrons. The first kappa shape index (κ1) is 13.8. The van der Waals surface area contributed by atoms with Crippen molar-refractivity contribution in [2.45, 2.75) is 13.0 Å². The molecule has 0 spiro atoms. The van der Waals surface area contributed by atoms with Gasteiger partial charge in [0, 0.05) is 22.8 Å². The molecule has 1 atom stereocenters. The maximum absolute atomic E-state index is 13.5. The quantitative estimate of drug-likeness (QED) is 0.889. The van der Waals surface area contributed by atoms with Crippen molar-refractivity contribution in [1.29, 1.82) is 0 Å². The summed E-state index contributed by atoms with van der Waals surface area (Å²) in [5, 5.41) is 13.7. The molecule has 0 aliphatic heterocycles. The van der Waals surface area contributed by atoms with Gasteiger partial charge in [0.2, 0.25) is 0 Å². The molecule has 0 saturated heterocycles. The van der Waals surface area contributed by atoms with Crippen molar-refractivity contribution in [2.75, 3.05) is 11.9 Å². The van der Waals surface area contributed by atoms with Crippen LogP contribution in [0.15, 0.2) is 42.5 Å². The predicted molar refractivity (Wildman–Crippen MR) is 76.0 cm³/mol. The lowest BCUT2D eigenvalue weighted by atomic mass is 10.1. The molecular weight excluding hydrogens is 265 g/mol. The average molecular weight is 280 g/mol. The Morgan fingerprint density at radius 3 is 2.68 bits per heavy atom. The van der Waals surface area contributed by atoms with E-state index in [-0.39, 0.29) is 12.1 Å². The van der Waals surface area contributed by atoms with E-state index >= 15 is 0 Å². The van der Waals surface area contributed by atoms with Crippen molar-refractivity contribution >= 4 is 17.3 Å². The Morgan fingerprint density at radius 2 is 1.95 bits per heavy atom. The van der Waals surface area contributed by atoms with Gasteiger partial charge in [-0.1, -0.05) is 35.9 Å². The van der Waals surface area contributed by atoms with Crippen molar-refractivity contribution < 1.29 is 9.50 Å². The van der Waals surface area contributed by atoms with Crippen LogP contribution >= 0.6 is 11.6 Å². The van der Waals surface area contributed by atoms with Crippen molar-refractivity contribution in [2.24, 2.45) is 0 Å². The van der Waals surface area contributed by atoms with Crippen LogP contribution in [0.2, 0.25) is 5.02 Å². The summed E-state index contributed by atoms with van der Waals surface area (Å²) in [7, 11) is 0. The summed E-state index contributed by atoms with van der Waals surface area (Å²) >= 11 is 6.01. The molecule has 2 aromatic rings. The summed E-state index contributed by atoms with van der Waals surface area (Å²) in [6, 6.07) is 11.7. The van der Waals surface area contributed by atoms with Gasteiger partial charge < -0.3 is 10.4 Å². The van der Waals surface area contributed by atoms with Gasteiger partial charge in [0.05, 0.1) is 6.10 Å². The lowest BCUT2D eigenvalue weighted by molar-refractivity contribution is 0.186. The van der Waals surface area contributed by atoms with Crippen LogP contribution in [0.1, 0.15) is 17.2 Å². The molecular formula is C15H15ClFNO. The Labute approximate surface area is 116 Å². The second-order valence-electron chi connectivity index (χ2n) is 4.33. The van der Waals surface area contributed by atoms with Crippen LogP contribution < -0.4 is 5.32 Å². The molecule has 2 aromatic carbocycles. The van der Waals surface area contributed by atoms with Crippen LogP contribution in [0.4, 0.5) is 10.1 Å². The van der Waals surface area contributed by atoms with Crippen molar-refractivity contribution in [3.05, 3.63) is 64.4 Å². The standard InChI is InChI=1S/C15H15ClFNO/c1-10-12(16)6-4-8-14(10)18-9-15(19)11-5-2-3-7-13(11)17/h2-8,15,18-19H,9H2,1H3. The molecule has 0 saturated carbocycles. The molecule has 2 rings (SSSR count). The van der Waals surface area contributed by atoms with E-state index in [0.29, 0.717) is 5.02 Å². The molecule has 0 fully saturated rings. The molecule has 100 valence electrons. The SMILES string of the molecule is Cc1c(Cl)cccc1NCC(O)c1ccccc1F. The Bertz CT molecular complexity index is 574. The van der Waals surface area contributed by atoms with Gasteiger partial charge in [-0.05, 0) is 30.7 Å². The highest BCUT2D eigenvalue weighted by atomic mass is 35.5. The summed E-state index contributed by atoms with van der Waals surface area (Å²) in [5.41, 5.74) is 2.03. The molecule has 19 heavy (non-hydrogen) atoms. The van der Waals surface area contributed by atoms with Gasteiger partial charge in [-0.3, -0.25) is 0 Å². The number of rotatable bonds is 4. The largest absolute Gasteiger partial charge is 0.386 e. The van der Waals surface area contributed by atoms with Crippen LogP contribution in [0, 0.1) is 12.7 Å². The van der Waals surface area contributed by atoms with Crippen LogP contribution in [0.3, 0.4) is 0 Å². The molecule has 0 heterocycles. The molecule has 4 heteroatoms. The number of nitrogens with one attached hydrogen (secondary N) is 1. The molecule has 0 amide bonds. The fraction of sp³-hybridized carbons (Fsp3) is 0.200. The zero-order valence-corrected chi connectivity index (χ0v) is 11.3. The first-order chi connectivity index (χ1) is 9.09. The number of benzene rings is 2. The van der Waals surface area contributed by atoms with Crippen LogP contribution in [0.25, 0.3) is 0 Å². The van der Waals surface area contributed by atoms with Crippen LogP contribution in [0.5, 0.6) is 0 Å². The van der Waals surface area contributed by atoms with Crippen LogP contribution in [-0.2, 0) is 0 Å². The Balaban J connectivity index is 2.07. The normalized spacial score (nSPS) is 12.2. The molecule has 2 nitrogen and oxygen atoms in total. The van der Waals surface area contributed by atoms with Gasteiger partial charge in [-0.25, -0.2) is 4.39 Å². The minimum Gasteiger partial charge on any atom is -0.386 e. The minimum absolute atomic E-state index is 0.224. The fourth-order valence-corrected chi connectivity index (χ4v) is 2.04. The number of halogens is 2. The highest BCUT2D eigenvalue weighted by Crippen LogP contribution is 2.24. The predicted octanol–water partition coefficient (Wildman–Crippen LogP) is 3.93. The smallest absolute Gasteiger partial charge is 0.129 e. The summed E-state index contributed by atoms with van der Waals surface area (Å²) in [6.07, 6.45) is -0.903. The van der Waals surface area contributed by atoms with Crippen molar-refractivity contribution in [3.63, 3.8) is 0 Å². The molecule has 0 aliphatic rings. The average Bonchev–Trinajstić information content (AvgIpc) is 2.40. The van der Waals surface area contributed by atoms with E-state index in [1.807, 2.05) is 19.1 Å². The van der Waals surface area contributed by atoms with Gasteiger partial charge in [-0.2, -0.15) is 0 Å². The molecule has 0 aromatic heterocycles. The molecule has 0 bridgehead atoms. The Hall–Kier alpha value is -1.58. The van der Waals surface area contributed by atoms with E-state index in [0.717, 1.165) is 11.3 Å².